The molecule has 1 aromatic carbocycles. The second-order valence-corrected chi connectivity index (χ2v) is 6.88. The Kier molecular flexibility index (Phi) is 7.48. The lowest BCUT2D eigenvalue weighted by Crippen LogP contribution is -2.53. The van der Waals surface area contributed by atoms with Crippen molar-refractivity contribution in [3.8, 4) is 5.75 Å². The van der Waals surface area contributed by atoms with Crippen molar-refractivity contribution in [2.45, 2.75) is 50.9 Å². The van der Waals surface area contributed by atoms with E-state index in [9.17, 15) is 22.8 Å². The van der Waals surface area contributed by atoms with E-state index < -0.39 is 36.0 Å². The van der Waals surface area contributed by atoms with E-state index in [0.29, 0.717) is 18.6 Å². The molecule has 2 N–H and O–H groups in total. The topological polar surface area (TPSA) is 67.4 Å². The number of ether oxygens (including phenoxy) is 1. The summed E-state index contributed by atoms with van der Waals surface area (Å²) < 4.78 is 44.4. The zero-order valence-corrected chi connectivity index (χ0v) is 15.9. The molecule has 0 aromatic heterocycles. The van der Waals surface area contributed by atoms with Gasteiger partial charge in [0.15, 0.2) is 0 Å². The lowest BCUT2D eigenvalue weighted by molar-refractivity contribution is -0.189. The van der Waals surface area contributed by atoms with Crippen LogP contribution in [-0.2, 0) is 9.59 Å². The summed E-state index contributed by atoms with van der Waals surface area (Å²) in [7, 11) is 1.55. The van der Waals surface area contributed by atoms with Crippen LogP contribution in [0.2, 0.25) is 0 Å². The molecular formula is C20H25F3N2O3. The number of benzene rings is 1. The van der Waals surface area contributed by atoms with Crippen LogP contribution in [0.4, 0.5) is 13.2 Å². The molecule has 5 nitrogen and oxygen atoms in total. The highest BCUT2D eigenvalue weighted by Crippen LogP contribution is 2.37. The van der Waals surface area contributed by atoms with Crippen LogP contribution >= 0.6 is 0 Å². The minimum atomic E-state index is -4.34. The maximum atomic E-state index is 13.1. The van der Waals surface area contributed by atoms with E-state index in [2.05, 4.69) is 10.6 Å². The molecule has 1 aliphatic carbocycles. The first kappa shape index (κ1) is 21.8. The predicted molar refractivity (Wildman–Crippen MR) is 99.6 cm³/mol. The van der Waals surface area contributed by atoms with Crippen LogP contribution < -0.4 is 15.4 Å². The third-order valence-electron chi connectivity index (χ3n) is 4.81. The second kappa shape index (κ2) is 9.61. The zero-order valence-electron chi connectivity index (χ0n) is 15.9. The van der Waals surface area contributed by atoms with Gasteiger partial charge in [0.2, 0.25) is 11.8 Å². The van der Waals surface area contributed by atoms with E-state index in [1.807, 2.05) is 0 Å². The van der Waals surface area contributed by atoms with Crippen molar-refractivity contribution in [3.63, 3.8) is 0 Å². The minimum Gasteiger partial charge on any atom is -0.497 e. The summed E-state index contributed by atoms with van der Waals surface area (Å²) in [6.07, 6.45) is -0.0630. The van der Waals surface area contributed by atoms with Gasteiger partial charge in [-0.3, -0.25) is 9.59 Å². The van der Waals surface area contributed by atoms with Gasteiger partial charge in [0.25, 0.3) is 0 Å². The Morgan fingerprint density at radius 2 is 1.82 bits per heavy atom. The van der Waals surface area contributed by atoms with E-state index in [1.54, 1.807) is 37.5 Å². The van der Waals surface area contributed by atoms with Gasteiger partial charge >= 0.3 is 6.18 Å². The van der Waals surface area contributed by atoms with Crippen molar-refractivity contribution in [2.24, 2.45) is 5.92 Å². The van der Waals surface area contributed by atoms with Crippen LogP contribution in [0.15, 0.2) is 30.3 Å². The second-order valence-electron chi connectivity index (χ2n) is 6.88. The van der Waals surface area contributed by atoms with Crippen molar-refractivity contribution in [2.75, 3.05) is 7.11 Å². The van der Waals surface area contributed by atoms with Crippen LogP contribution in [0, 0.1) is 5.92 Å². The largest absolute Gasteiger partial charge is 0.497 e. The molecule has 2 rings (SSSR count). The number of rotatable bonds is 6. The predicted octanol–water partition coefficient (Wildman–Crippen LogP) is 3.45. The highest BCUT2D eigenvalue weighted by Gasteiger charge is 2.46. The van der Waals surface area contributed by atoms with Gasteiger partial charge in [0.1, 0.15) is 11.8 Å². The molecule has 0 radical (unpaired) electrons. The van der Waals surface area contributed by atoms with Crippen molar-refractivity contribution in [1.29, 1.82) is 0 Å². The van der Waals surface area contributed by atoms with Crippen LogP contribution in [-0.4, -0.2) is 37.2 Å². The average Bonchev–Trinajstić information content (AvgIpc) is 2.66. The molecule has 0 heterocycles. The number of nitrogens with one attached hydrogen (secondary N) is 2. The van der Waals surface area contributed by atoms with E-state index >= 15 is 0 Å². The number of methoxy groups -OCH3 is 1. The third-order valence-corrected chi connectivity index (χ3v) is 4.81. The Morgan fingerprint density at radius 1 is 1.18 bits per heavy atom. The number of alkyl halides is 3. The van der Waals surface area contributed by atoms with Crippen molar-refractivity contribution in [3.05, 3.63) is 35.9 Å². The van der Waals surface area contributed by atoms with Gasteiger partial charge in [-0.25, -0.2) is 0 Å². The fraction of sp³-hybridized carbons (Fsp3) is 0.500. The van der Waals surface area contributed by atoms with Gasteiger partial charge in [0.05, 0.1) is 13.0 Å². The van der Waals surface area contributed by atoms with Gasteiger partial charge in [-0.1, -0.05) is 25.0 Å². The van der Waals surface area contributed by atoms with E-state index in [0.717, 1.165) is 5.56 Å². The molecule has 154 valence electrons. The van der Waals surface area contributed by atoms with E-state index in [4.69, 9.17) is 4.74 Å². The van der Waals surface area contributed by atoms with Crippen LogP contribution in [0.3, 0.4) is 0 Å². The van der Waals surface area contributed by atoms with E-state index in [1.165, 1.54) is 13.0 Å². The van der Waals surface area contributed by atoms with Crippen LogP contribution in [0.1, 0.15) is 38.2 Å². The Bertz CT molecular complexity index is 702. The third kappa shape index (κ3) is 6.28. The molecule has 8 heteroatoms. The molecule has 0 bridgehead atoms. The summed E-state index contributed by atoms with van der Waals surface area (Å²) in [5.74, 6) is -1.98. The van der Waals surface area contributed by atoms with E-state index in [-0.39, 0.29) is 12.8 Å². The fourth-order valence-electron chi connectivity index (χ4n) is 3.22. The van der Waals surface area contributed by atoms with Gasteiger partial charge in [-0.15, -0.1) is 0 Å². The normalized spacial score (nSPS) is 21.2. The summed E-state index contributed by atoms with van der Waals surface area (Å²) in [4.78, 5) is 24.2. The molecule has 1 fully saturated rings. The molecule has 0 saturated heterocycles. The van der Waals surface area contributed by atoms with Crippen molar-refractivity contribution < 1.29 is 27.5 Å². The molecule has 0 aliphatic heterocycles. The standard InChI is InChI=1S/C20H25F3N2O3/c1-13(19(27)25-17-6-4-3-5-16(17)20(21,22)23)24-18(26)12-9-14-7-10-15(28-2)11-8-14/h7-13,16-17H,3-6H2,1-2H3,(H,24,26)(H,25,27)/b12-9+. The quantitative estimate of drug-likeness (QED) is 0.722. The van der Waals surface area contributed by atoms with Gasteiger partial charge in [0, 0.05) is 12.1 Å². The number of hydrogen-bond acceptors (Lipinski definition) is 3. The number of amides is 2. The molecule has 1 saturated carbocycles. The summed E-state index contributed by atoms with van der Waals surface area (Å²) in [6, 6.07) is 5.13. The maximum absolute atomic E-state index is 13.1. The Hall–Kier alpha value is -2.51. The van der Waals surface area contributed by atoms with Gasteiger partial charge in [-0.2, -0.15) is 13.2 Å². The van der Waals surface area contributed by atoms with Crippen LogP contribution in [0.5, 0.6) is 5.75 Å². The number of carbonyl (C=O) groups is 2. The van der Waals surface area contributed by atoms with Crippen molar-refractivity contribution in [1.82, 2.24) is 10.6 Å². The Morgan fingerprint density at radius 3 is 2.43 bits per heavy atom. The number of carbonyl (C=O) groups excluding carboxylic acids is 2. The highest BCUT2D eigenvalue weighted by atomic mass is 19.4. The Balaban J connectivity index is 1.88. The summed E-state index contributed by atoms with van der Waals surface area (Å²) >= 11 is 0. The summed E-state index contributed by atoms with van der Waals surface area (Å²) in [6.45, 7) is 1.44. The first-order chi connectivity index (χ1) is 13.2. The molecule has 3 atom stereocenters. The molecule has 0 spiro atoms. The van der Waals surface area contributed by atoms with Crippen molar-refractivity contribution >= 4 is 17.9 Å². The molecule has 3 unspecified atom stereocenters. The SMILES string of the molecule is COc1ccc(/C=C/C(=O)NC(C)C(=O)NC2CCCCC2C(F)(F)F)cc1. The highest BCUT2D eigenvalue weighted by molar-refractivity contribution is 5.95. The maximum Gasteiger partial charge on any atom is 0.393 e. The monoisotopic (exact) mass is 398 g/mol. The smallest absolute Gasteiger partial charge is 0.393 e. The summed E-state index contributed by atoms with van der Waals surface area (Å²) in [5.41, 5.74) is 0.767. The first-order valence-electron chi connectivity index (χ1n) is 9.20. The zero-order chi connectivity index (χ0) is 20.7. The molecule has 2 amide bonds. The molecule has 1 aliphatic rings. The average molecular weight is 398 g/mol. The van der Waals surface area contributed by atoms with Gasteiger partial charge < -0.3 is 15.4 Å². The Labute approximate surface area is 162 Å². The molecule has 1 aromatic rings. The van der Waals surface area contributed by atoms with Gasteiger partial charge in [-0.05, 0) is 43.5 Å². The molecule has 28 heavy (non-hydrogen) atoms. The lowest BCUT2D eigenvalue weighted by atomic mass is 9.84. The molecular weight excluding hydrogens is 373 g/mol. The summed E-state index contributed by atoms with van der Waals surface area (Å²) in [5, 5.41) is 4.93. The number of hydrogen-bond donors (Lipinski definition) is 2. The minimum absolute atomic E-state index is 0.0137. The lowest BCUT2D eigenvalue weighted by Gasteiger charge is -2.34. The fourth-order valence-corrected chi connectivity index (χ4v) is 3.22. The van der Waals surface area contributed by atoms with Crippen LogP contribution in [0.25, 0.3) is 6.08 Å². The number of halogens is 3. The first-order valence-corrected chi connectivity index (χ1v) is 9.20.